The van der Waals surface area contributed by atoms with Gasteiger partial charge in [0.2, 0.25) is 5.85 Å². The molecule has 1 fully saturated rings. The Morgan fingerprint density at radius 3 is 1.55 bits per heavy atom. The van der Waals surface area contributed by atoms with Crippen LogP contribution in [-0.4, -0.2) is 119 Å². The molecule has 0 radical (unpaired) electrons. The molecular formula is C19H48Cl2NO15P3. The number of hydrogen-bond donors (Lipinski definition) is 7. The average molecular weight is 694 g/mol. The number of phosphoric acid groups is 1. The molecule has 0 saturated carbocycles. The molecule has 1 heterocycles. The number of nitrogens with zero attached hydrogens (tertiary/aromatic N) is 1. The van der Waals surface area contributed by atoms with Crippen molar-refractivity contribution in [1.29, 1.82) is 5.26 Å². The molecule has 0 bridgehead atoms. The van der Waals surface area contributed by atoms with Gasteiger partial charge < -0.3 is 49.3 Å². The molecule has 1 rings (SSSR count). The minimum atomic E-state index is -4.03. The Morgan fingerprint density at radius 1 is 0.950 bits per heavy atom. The SMILES string of the molecule is C.C.C#N.CC1(C)OCC(CO)O1.CCOP(=O)(O)OCC(O)CO.CP(=O)(Cl)Cl.CP(=O)(O)OCC(O)CO. The minimum Gasteiger partial charge on any atom is -0.394 e. The quantitative estimate of drug-likeness (QED) is 0.153. The second-order valence-corrected chi connectivity index (χ2v) is 16.5. The molecule has 0 aromatic carbocycles. The summed E-state index contributed by atoms with van der Waals surface area (Å²) in [5.74, 6) is -3.19. The Bertz CT molecular complexity index is 729. The summed E-state index contributed by atoms with van der Waals surface area (Å²) in [5.41, 5.74) is 0. The van der Waals surface area contributed by atoms with Gasteiger partial charge in [-0.25, -0.2) is 9.83 Å². The first-order valence-electron chi connectivity index (χ1n) is 10.4. The normalized spacial score (nSPS) is 19.6. The molecule has 0 aromatic rings. The summed E-state index contributed by atoms with van der Waals surface area (Å²) in [4.78, 5) is 17.3. The molecule has 248 valence electrons. The third-order valence-electron chi connectivity index (χ3n) is 2.92. The number of aliphatic hydroxyl groups is 5. The van der Waals surface area contributed by atoms with E-state index in [9.17, 15) is 13.7 Å². The van der Waals surface area contributed by atoms with E-state index in [0.717, 1.165) is 6.66 Å². The zero-order valence-corrected chi connectivity index (χ0v) is 25.9. The van der Waals surface area contributed by atoms with Gasteiger partial charge in [-0.05, 0) is 43.3 Å². The minimum absolute atomic E-state index is 0. The van der Waals surface area contributed by atoms with Gasteiger partial charge in [0.25, 0.3) is 0 Å². The number of halogens is 2. The Kier molecular flexibility index (Phi) is 37.1. The lowest BCUT2D eigenvalue weighted by Gasteiger charge is -2.15. The fourth-order valence-corrected chi connectivity index (χ4v) is 2.77. The number of phosphoric ester groups is 1. The molecule has 40 heavy (non-hydrogen) atoms. The van der Waals surface area contributed by atoms with Crippen molar-refractivity contribution >= 4 is 43.7 Å². The molecular weight excluding hydrogens is 646 g/mol. The number of ether oxygens (including phenoxy) is 2. The maximum absolute atomic E-state index is 10.8. The van der Waals surface area contributed by atoms with Crippen molar-refractivity contribution in [2.75, 3.05) is 59.6 Å². The van der Waals surface area contributed by atoms with Crippen molar-refractivity contribution in [1.82, 2.24) is 0 Å². The van der Waals surface area contributed by atoms with E-state index in [2.05, 4.69) is 20.1 Å². The fourth-order valence-electron chi connectivity index (χ4n) is 1.56. The predicted octanol–water partition coefficient (Wildman–Crippen LogP) is 2.49. The van der Waals surface area contributed by atoms with E-state index < -0.39 is 59.1 Å². The number of rotatable bonds is 11. The van der Waals surface area contributed by atoms with Gasteiger partial charge in [-0.15, -0.1) is 0 Å². The second kappa shape index (κ2) is 28.1. The molecule has 7 N–H and O–H groups in total. The van der Waals surface area contributed by atoms with E-state index >= 15 is 0 Å². The van der Waals surface area contributed by atoms with Crippen LogP contribution in [0.1, 0.15) is 35.6 Å². The largest absolute Gasteiger partial charge is 0.472 e. The van der Waals surface area contributed by atoms with E-state index in [0.29, 0.717) is 6.61 Å². The van der Waals surface area contributed by atoms with E-state index in [1.165, 1.54) is 13.6 Å². The van der Waals surface area contributed by atoms with Crippen LogP contribution in [0.3, 0.4) is 0 Å². The van der Waals surface area contributed by atoms with E-state index in [1.807, 2.05) is 13.8 Å². The van der Waals surface area contributed by atoms with Crippen LogP contribution < -0.4 is 0 Å². The molecule has 1 saturated heterocycles. The highest BCUT2D eigenvalue weighted by Crippen LogP contribution is 2.52. The van der Waals surface area contributed by atoms with Crippen LogP contribution in [-0.2, 0) is 36.7 Å². The number of hydrogen-bond acceptors (Lipinski definition) is 14. The van der Waals surface area contributed by atoms with Gasteiger partial charge >= 0.3 is 15.4 Å². The van der Waals surface area contributed by atoms with Crippen molar-refractivity contribution < 1.29 is 72.1 Å². The standard InChI is InChI=1S/C6H12O3.C5H13O6P.C4H11O5P.CH3Cl2OP.CHN.2CH4/c1-6(2)8-4-5(3-7)9-6;1-2-10-12(8,9)11-4-5(7)3-6;1-10(7,8)9-3-4(6)2-5;1-5(2,3)4;1-2;;/h5,7H,3-4H2,1-2H3;5-7H,2-4H2,1H3,(H,8,9);4-6H,2-3H2,1H3,(H,7,8);1H3;1H;2*1H4. The Labute approximate surface area is 246 Å². The van der Waals surface area contributed by atoms with Crippen LogP contribution in [0.4, 0.5) is 0 Å². The lowest BCUT2D eigenvalue weighted by Crippen LogP contribution is -2.22. The molecule has 0 aromatic heterocycles. The Hall–Kier alpha value is 0.280. The first-order valence-corrected chi connectivity index (χ1v) is 17.9. The summed E-state index contributed by atoms with van der Waals surface area (Å²) < 4.78 is 54.2. The summed E-state index contributed by atoms with van der Waals surface area (Å²) in [7, 11) is -7.53. The van der Waals surface area contributed by atoms with Gasteiger partial charge in [-0.1, -0.05) is 14.9 Å². The maximum atomic E-state index is 10.8. The van der Waals surface area contributed by atoms with Gasteiger partial charge in [0.05, 0.1) is 46.2 Å². The second-order valence-electron chi connectivity index (χ2n) is 7.31. The molecule has 5 atom stereocenters. The van der Waals surface area contributed by atoms with E-state index in [4.69, 9.17) is 72.5 Å². The van der Waals surface area contributed by atoms with Crippen LogP contribution in [0.15, 0.2) is 0 Å². The molecule has 21 heteroatoms. The van der Waals surface area contributed by atoms with Crippen molar-refractivity contribution in [3.63, 3.8) is 0 Å². The highest BCUT2D eigenvalue weighted by Gasteiger charge is 2.31. The van der Waals surface area contributed by atoms with Gasteiger partial charge in [0, 0.05) is 19.9 Å². The molecule has 1 aliphatic heterocycles. The summed E-state index contributed by atoms with van der Waals surface area (Å²) in [6.07, 6.45) is -2.37. The summed E-state index contributed by atoms with van der Waals surface area (Å²) in [6.45, 7) is 9.85. The van der Waals surface area contributed by atoms with Crippen molar-refractivity contribution in [3.05, 3.63) is 0 Å². The molecule has 16 nitrogen and oxygen atoms in total. The van der Waals surface area contributed by atoms with Gasteiger partial charge in [-0.3, -0.25) is 18.2 Å². The monoisotopic (exact) mass is 693 g/mol. The molecule has 0 spiro atoms. The first-order chi connectivity index (χ1) is 17.1. The Morgan fingerprint density at radius 2 is 1.32 bits per heavy atom. The summed E-state index contributed by atoms with van der Waals surface area (Å²) in [6, 6.07) is 0. The topological polar surface area (TPSA) is 263 Å². The average Bonchev–Trinajstić information content (AvgIpc) is 3.15. The van der Waals surface area contributed by atoms with E-state index in [1.54, 1.807) is 0 Å². The predicted molar refractivity (Wildman–Crippen MR) is 153 cm³/mol. The molecule has 1 aliphatic rings. The van der Waals surface area contributed by atoms with Gasteiger partial charge in [0.15, 0.2) is 5.79 Å². The van der Waals surface area contributed by atoms with Crippen LogP contribution in [0.2, 0.25) is 0 Å². The molecule has 5 unspecified atom stereocenters. The summed E-state index contributed by atoms with van der Waals surface area (Å²) in [5, 5.41) is 49.0. The highest BCUT2D eigenvalue weighted by molar-refractivity contribution is 8.08. The third kappa shape index (κ3) is 48.0. The van der Waals surface area contributed by atoms with Crippen LogP contribution in [0.5, 0.6) is 0 Å². The van der Waals surface area contributed by atoms with Crippen molar-refractivity contribution in [3.8, 4) is 6.57 Å². The zero-order valence-electron chi connectivity index (χ0n) is 21.7. The smallest absolute Gasteiger partial charge is 0.394 e. The van der Waals surface area contributed by atoms with Crippen LogP contribution in [0.25, 0.3) is 0 Å². The highest BCUT2D eigenvalue weighted by atomic mass is 35.9. The number of aliphatic hydroxyl groups excluding tert-OH is 5. The van der Waals surface area contributed by atoms with Gasteiger partial charge in [-0.2, -0.15) is 0 Å². The molecule has 0 amide bonds. The lowest BCUT2D eigenvalue weighted by molar-refractivity contribution is -0.142. The molecule has 0 aliphatic carbocycles. The summed E-state index contributed by atoms with van der Waals surface area (Å²) >= 11 is 9.70. The fraction of sp³-hybridized carbons (Fsp3) is 0.947. The van der Waals surface area contributed by atoms with Crippen LogP contribution >= 0.6 is 43.7 Å². The van der Waals surface area contributed by atoms with Crippen molar-refractivity contribution in [2.45, 2.75) is 59.7 Å². The Balaban J connectivity index is -0.0000000955. The lowest BCUT2D eigenvalue weighted by atomic mass is 10.4. The van der Waals surface area contributed by atoms with Crippen LogP contribution in [0, 0.1) is 11.8 Å². The third-order valence-corrected chi connectivity index (χ3v) is 4.61. The van der Waals surface area contributed by atoms with Gasteiger partial charge in [0.1, 0.15) is 18.3 Å². The van der Waals surface area contributed by atoms with Crippen molar-refractivity contribution in [2.24, 2.45) is 0 Å². The zero-order chi connectivity index (χ0) is 31.2. The maximum Gasteiger partial charge on any atom is 0.472 e. The van der Waals surface area contributed by atoms with E-state index in [-0.39, 0.29) is 40.8 Å². The first kappa shape index (κ1) is 52.9. The number of nitriles is 1.